The number of aromatic hydroxyl groups is 1. The summed E-state index contributed by atoms with van der Waals surface area (Å²) in [5, 5.41) is 12.5. The van der Waals surface area contributed by atoms with E-state index in [0.29, 0.717) is 12.5 Å². The Morgan fingerprint density at radius 1 is 1.33 bits per heavy atom. The highest BCUT2D eigenvalue weighted by Crippen LogP contribution is 2.32. The third kappa shape index (κ3) is 4.39. The van der Waals surface area contributed by atoms with E-state index >= 15 is 0 Å². The molecular weight excluding hydrogens is 247 g/mol. The van der Waals surface area contributed by atoms with Gasteiger partial charge < -0.3 is 5.11 Å². The third-order valence-electron chi connectivity index (χ3n) is 2.04. The minimum atomic E-state index is -4.49. The normalized spacial score (nSPS) is 11.5. The average Bonchev–Trinajstić information content (AvgIpc) is 2.27. The van der Waals surface area contributed by atoms with Crippen molar-refractivity contribution in [3.8, 4) is 5.75 Å². The summed E-state index contributed by atoms with van der Waals surface area (Å²) in [7, 11) is 0. The van der Waals surface area contributed by atoms with Gasteiger partial charge in [-0.25, -0.2) is 0 Å². The van der Waals surface area contributed by atoms with Crippen molar-refractivity contribution in [3.63, 3.8) is 0 Å². The summed E-state index contributed by atoms with van der Waals surface area (Å²) in [4.78, 5) is 2.54. The molecule has 1 N–H and O–H groups in total. The molecule has 0 spiro atoms. The third-order valence-corrected chi connectivity index (χ3v) is 2.04. The summed E-state index contributed by atoms with van der Waals surface area (Å²) in [6, 6.07) is 2.82. The van der Waals surface area contributed by atoms with E-state index in [0.717, 1.165) is 6.07 Å². The number of nitrogens with zero attached hydrogens (tertiary/aromatic N) is 3. The Labute approximate surface area is 101 Å². The van der Waals surface area contributed by atoms with Crippen molar-refractivity contribution in [2.24, 2.45) is 5.11 Å². The van der Waals surface area contributed by atoms with Gasteiger partial charge in [0, 0.05) is 11.5 Å². The van der Waals surface area contributed by atoms with E-state index in [1.54, 1.807) is 6.08 Å². The van der Waals surface area contributed by atoms with Crippen LogP contribution in [0.5, 0.6) is 5.75 Å². The zero-order chi connectivity index (χ0) is 13.6. The predicted octanol–water partition coefficient (Wildman–Crippen LogP) is 4.12. The Kier molecular flexibility index (Phi) is 4.62. The minimum absolute atomic E-state index is 0.234. The maximum absolute atomic E-state index is 12.4. The first-order valence-electron chi connectivity index (χ1n) is 5.02. The molecule has 0 unspecified atom stereocenters. The zero-order valence-electron chi connectivity index (χ0n) is 9.22. The van der Waals surface area contributed by atoms with Gasteiger partial charge in [0.15, 0.2) is 0 Å². The summed E-state index contributed by atoms with van der Waals surface area (Å²) in [6.07, 6.45) is -1.07. The van der Waals surface area contributed by atoms with Crippen LogP contribution in [0.4, 0.5) is 13.2 Å². The van der Waals surface area contributed by atoms with Crippen LogP contribution in [0.1, 0.15) is 17.5 Å². The van der Waals surface area contributed by atoms with E-state index in [9.17, 15) is 18.3 Å². The number of hydrogen-bond acceptors (Lipinski definition) is 2. The summed E-state index contributed by atoms with van der Waals surface area (Å²) < 4.78 is 37.3. The van der Waals surface area contributed by atoms with Crippen molar-refractivity contribution in [3.05, 3.63) is 45.8 Å². The molecule has 0 heterocycles. The molecule has 18 heavy (non-hydrogen) atoms. The molecule has 7 heteroatoms. The van der Waals surface area contributed by atoms with Crippen LogP contribution < -0.4 is 0 Å². The van der Waals surface area contributed by atoms with Crippen molar-refractivity contribution in [2.45, 2.75) is 12.6 Å². The van der Waals surface area contributed by atoms with E-state index in [2.05, 4.69) is 10.0 Å². The van der Waals surface area contributed by atoms with E-state index in [-0.39, 0.29) is 12.1 Å². The summed E-state index contributed by atoms with van der Waals surface area (Å²) in [5.41, 5.74) is 7.35. The van der Waals surface area contributed by atoms with Crippen molar-refractivity contribution in [2.75, 3.05) is 6.54 Å². The second-order valence-corrected chi connectivity index (χ2v) is 3.46. The van der Waals surface area contributed by atoms with Gasteiger partial charge in [-0.3, -0.25) is 0 Å². The van der Waals surface area contributed by atoms with Gasteiger partial charge in [-0.05, 0) is 35.7 Å². The van der Waals surface area contributed by atoms with Gasteiger partial charge >= 0.3 is 6.18 Å². The monoisotopic (exact) mass is 257 g/mol. The van der Waals surface area contributed by atoms with E-state index in [1.807, 2.05) is 0 Å². The Morgan fingerprint density at radius 2 is 2.06 bits per heavy atom. The van der Waals surface area contributed by atoms with Gasteiger partial charge in [-0.1, -0.05) is 17.3 Å². The van der Waals surface area contributed by atoms with Crippen LogP contribution in [-0.2, 0) is 6.18 Å². The standard InChI is InChI=1S/C11H10F3N3O/c12-11(13,14)9-5-8(6-10(18)7-9)3-1-2-4-16-17-15/h1,3,5-7,18H,2,4H2. The van der Waals surface area contributed by atoms with Crippen LogP contribution in [0.3, 0.4) is 0 Å². The van der Waals surface area contributed by atoms with Gasteiger partial charge in [0.1, 0.15) is 5.75 Å². The van der Waals surface area contributed by atoms with Gasteiger partial charge in [0.05, 0.1) is 5.56 Å². The lowest BCUT2D eigenvalue weighted by molar-refractivity contribution is -0.137. The molecule has 1 rings (SSSR count). The number of rotatable bonds is 4. The molecule has 0 amide bonds. The number of halogens is 3. The van der Waals surface area contributed by atoms with Gasteiger partial charge in [-0.15, -0.1) is 0 Å². The first-order chi connectivity index (χ1) is 8.43. The summed E-state index contributed by atoms with van der Waals surface area (Å²) in [5.74, 6) is -0.445. The number of benzene rings is 1. The summed E-state index contributed by atoms with van der Waals surface area (Å²) in [6.45, 7) is 0.234. The fraction of sp³-hybridized carbons (Fsp3) is 0.273. The second-order valence-electron chi connectivity index (χ2n) is 3.46. The van der Waals surface area contributed by atoms with Crippen LogP contribution in [0.15, 0.2) is 29.4 Å². The Hall–Kier alpha value is -2.14. The highest BCUT2D eigenvalue weighted by molar-refractivity contribution is 5.53. The Balaban J connectivity index is 2.83. The van der Waals surface area contributed by atoms with Crippen molar-refractivity contribution in [1.82, 2.24) is 0 Å². The molecule has 0 fully saturated rings. The van der Waals surface area contributed by atoms with Crippen LogP contribution in [-0.4, -0.2) is 11.7 Å². The SMILES string of the molecule is [N-]=[N+]=NCCC=Cc1cc(O)cc(C(F)(F)F)c1. The van der Waals surface area contributed by atoms with E-state index in [4.69, 9.17) is 5.53 Å². The van der Waals surface area contributed by atoms with Gasteiger partial charge in [0.25, 0.3) is 0 Å². The fourth-order valence-electron chi connectivity index (χ4n) is 1.29. The molecule has 0 saturated carbocycles. The minimum Gasteiger partial charge on any atom is -0.508 e. The topological polar surface area (TPSA) is 69.0 Å². The Bertz CT molecular complexity index is 491. The van der Waals surface area contributed by atoms with Crippen LogP contribution in [0.25, 0.3) is 16.5 Å². The number of hydrogen-bond donors (Lipinski definition) is 1. The lowest BCUT2D eigenvalue weighted by Crippen LogP contribution is -2.04. The largest absolute Gasteiger partial charge is 0.508 e. The molecule has 0 radical (unpaired) electrons. The van der Waals surface area contributed by atoms with E-state index < -0.39 is 17.5 Å². The smallest absolute Gasteiger partial charge is 0.416 e. The maximum atomic E-state index is 12.4. The quantitative estimate of drug-likeness (QED) is 0.374. The molecule has 0 bridgehead atoms. The molecule has 0 aliphatic carbocycles. The van der Waals surface area contributed by atoms with Crippen molar-refractivity contribution in [1.29, 1.82) is 0 Å². The van der Waals surface area contributed by atoms with Gasteiger partial charge in [-0.2, -0.15) is 13.2 Å². The Morgan fingerprint density at radius 3 is 2.67 bits per heavy atom. The first kappa shape index (κ1) is 13.9. The van der Waals surface area contributed by atoms with Crippen LogP contribution in [0.2, 0.25) is 0 Å². The molecule has 0 aliphatic heterocycles. The maximum Gasteiger partial charge on any atom is 0.416 e. The molecule has 0 atom stereocenters. The van der Waals surface area contributed by atoms with E-state index in [1.165, 1.54) is 12.1 Å². The molecule has 0 aromatic heterocycles. The first-order valence-corrected chi connectivity index (χ1v) is 5.02. The fourth-order valence-corrected chi connectivity index (χ4v) is 1.29. The predicted molar refractivity (Wildman–Crippen MR) is 60.8 cm³/mol. The molecule has 0 aliphatic rings. The lowest BCUT2D eigenvalue weighted by atomic mass is 10.1. The lowest BCUT2D eigenvalue weighted by Gasteiger charge is -2.08. The highest BCUT2D eigenvalue weighted by atomic mass is 19.4. The summed E-state index contributed by atoms with van der Waals surface area (Å²) >= 11 is 0. The molecule has 4 nitrogen and oxygen atoms in total. The van der Waals surface area contributed by atoms with Crippen molar-refractivity contribution < 1.29 is 18.3 Å². The molecule has 96 valence electrons. The molecule has 1 aromatic carbocycles. The molecular formula is C11H10F3N3O. The number of phenolic OH excluding ortho intramolecular Hbond substituents is 1. The van der Waals surface area contributed by atoms with Gasteiger partial charge in [0.2, 0.25) is 0 Å². The van der Waals surface area contributed by atoms with Crippen molar-refractivity contribution >= 4 is 6.08 Å². The second kappa shape index (κ2) is 5.97. The van der Waals surface area contributed by atoms with Crippen LogP contribution in [0, 0.1) is 0 Å². The van der Waals surface area contributed by atoms with Crippen LogP contribution >= 0.6 is 0 Å². The molecule has 1 aromatic rings. The number of phenols is 1. The molecule has 0 saturated heterocycles. The zero-order valence-corrected chi connectivity index (χ0v) is 9.22. The number of azide groups is 1. The highest BCUT2D eigenvalue weighted by Gasteiger charge is 2.31. The number of alkyl halides is 3. The average molecular weight is 257 g/mol.